The number of hydrogen-bond donors (Lipinski definition) is 0. The molecule has 8 aliphatic carbocycles. The average Bonchev–Trinajstić information content (AvgIpc) is 3.84. The summed E-state index contributed by atoms with van der Waals surface area (Å²) in [5.41, 5.74) is 3.81. The summed E-state index contributed by atoms with van der Waals surface area (Å²) in [6.07, 6.45) is 17.5. The largest absolute Gasteiger partial charge is 0.487 e. The fourth-order valence-corrected chi connectivity index (χ4v) is 12.2. The van der Waals surface area contributed by atoms with Crippen LogP contribution in [-0.2, 0) is 20.3 Å². The highest BCUT2D eigenvalue weighted by Crippen LogP contribution is 2.66. The number of hydrogen-bond acceptors (Lipinski definition) is 4. The van der Waals surface area contributed by atoms with Gasteiger partial charge >= 0.3 is 0 Å². The van der Waals surface area contributed by atoms with E-state index in [1.807, 2.05) is 0 Å². The Kier molecular flexibility index (Phi) is 4.99. The highest BCUT2D eigenvalue weighted by Gasteiger charge is 2.56. The van der Waals surface area contributed by atoms with Crippen molar-refractivity contribution in [1.29, 1.82) is 0 Å². The summed E-state index contributed by atoms with van der Waals surface area (Å²) in [6.45, 7) is 2.90. The molecule has 8 saturated carbocycles. The number of fused-ring (bicyclic) bond motifs is 1. The molecule has 0 radical (unpaired) electrons. The van der Waals surface area contributed by atoms with Crippen molar-refractivity contribution in [2.75, 3.05) is 26.4 Å². The molecule has 4 heteroatoms. The third-order valence-corrected chi connectivity index (χ3v) is 12.9. The van der Waals surface area contributed by atoms with Crippen LogP contribution in [0.2, 0.25) is 0 Å². The Morgan fingerprint density at radius 2 is 1.15 bits per heavy atom. The highest BCUT2D eigenvalue weighted by molar-refractivity contribution is 5.95. The molecule has 2 saturated heterocycles. The molecule has 2 aliphatic heterocycles. The van der Waals surface area contributed by atoms with Gasteiger partial charge in [0.25, 0.3) is 0 Å². The van der Waals surface area contributed by atoms with Crippen molar-refractivity contribution in [3.63, 3.8) is 0 Å². The van der Waals surface area contributed by atoms with Crippen LogP contribution in [0.3, 0.4) is 0 Å². The minimum atomic E-state index is 0.223. The Morgan fingerprint density at radius 1 is 0.650 bits per heavy atom. The number of epoxide rings is 2. The van der Waals surface area contributed by atoms with E-state index in [9.17, 15) is 0 Å². The first-order valence-electron chi connectivity index (χ1n) is 16.7. The maximum absolute atomic E-state index is 6.93. The monoisotopic (exact) mass is 540 g/mol. The number of benzene rings is 2. The highest BCUT2D eigenvalue weighted by atomic mass is 16.6. The van der Waals surface area contributed by atoms with E-state index in [0.29, 0.717) is 18.6 Å². The molecule has 10 fully saturated rings. The maximum atomic E-state index is 6.93. The van der Waals surface area contributed by atoms with Gasteiger partial charge in [0.1, 0.15) is 25.4 Å². The summed E-state index contributed by atoms with van der Waals surface area (Å²) in [5, 5.41) is 2.97. The van der Waals surface area contributed by atoms with Crippen LogP contribution >= 0.6 is 0 Å². The second kappa shape index (κ2) is 8.40. The van der Waals surface area contributed by atoms with E-state index in [-0.39, 0.29) is 17.6 Å². The minimum absolute atomic E-state index is 0.223. The zero-order valence-corrected chi connectivity index (χ0v) is 23.9. The van der Waals surface area contributed by atoms with Crippen LogP contribution in [0.25, 0.3) is 10.8 Å². The normalized spacial score (nSPS) is 45.3. The molecule has 0 N–H and O–H groups in total. The van der Waals surface area contributed by atoms with Crippen LogP contribution in [0, 0.1) is 35.5 Å². The van der Waals surface area contributed by atoms with Crippen molar-refractivity contribution in [3.8, 4) is 11.5 Å². The zero-order valence-electron chi connectivity index (χ0n) is 23.9. The summed E-state index contributed by atoms with van der Waals surface area (Å²) >= 11 is 0. The Hall–Kier alpha value is -1.78. The Morgan fingerprint density at radius 3 is 1.68 bits per heavy atom. The Bertz CT molecular complexity index is 1280. The van der Waals surface area contributed by atoms with Gasteiger partial charge in [0.2, 0.25) is 0 Å². The van der Waals surface area contributed by atoms with E-state index < -0.39 is 0 Å². The Balaban J connectivity index is 1.21. The number of ether oxygens (including phenoxy) is 4. The Labute approximate surface area is 238 Å². The predicted octanol–water partition coefficient (Wildman–Crippen LogP) is 7.33. The third-order valence-electron chi connectivity index (χ3n) is 12.9. The van der Waals surface area contributed by atoms with E-state index in [4.69, 9.17) is 18.9 Å². The van der Waals surface area contributed by atoms with Gasteiger partial charge in [-0.05, 0) is 140 Å². The van der Waals surface area contributed by atoms with Crippen LogP contribution in [0.5, 0.6) is 11.5 Å². The lowest BCUT2D eigenvalue weighted by atomic mass is 9.46. The molecule has 2 atom stereocenters. The molecule has 2 aromatic rings. The quantitative estimate of drug-likeness (QED) is 0.329. The average molecular weight is 541 g/mol. The van der Waals surface area contributed by atoms with Gasteiger partial charge in [0.15, 0.2) is 11.5 Å². The van der Waals surface area contributed by atoms with Crippen molar-refractivity contribution in [1.82, 2.24) is 0 Å². The van der Waals surface area contributed by atoms with Gasteiger partial charge in [0, 0.05) is 11.0 Å². The van der Waals surface area contributed by atoms with E-state index in [1.165, 1.54) is 82.4 Å². The lowest BCUT2D eigenvalue weighted by molar-refractivity contribution is -0.00766. The van der Waals surface area contributed by atoms with Crippen LogP contribution in [-0.4, -0.2) is 38.6 Å². The molecule has 0 aromatic heterocycles. The van der Waals surface area contributed by atoms with Gasteiger partial charge in [-0.25, -0.2) is 0 Å². The molecule has 4 nitrogen and oxygen atoms in total. The van der Waals surface area contributed by atoms with E-state index in [0.717, 1.165) is 60.2 Å². The number of rotatable bonds is 8. The molecular formula is C36H44O4. The topological polar surface area (TPSA) is 43.5 Å². The van der Waals surface area contributed by atoms with Crippen molar-refractivity contribution in [2.24, 2.45) is 35.5 Å². The van der Waals surface area contributed by atoms with Crippen molar-refractivity contribution in [2.45, 2.75) is 100 Å². The van der Waals surface area contributed by atoms with Crippen molar-refractivity contribution < 1.29 is 18.9 Å². The van der Waals surface area contributed by atoms with Gasteiger partial charge in [0.05, 0.1) is 13.2 Å². The van der Waals surface area contributed by atoms with Gasteiger partial charge in [-0.3, -0.25) is 0 Å². The third kappa shape index (κ3) is 3.70. The first-order valence-corrected chi connectivity index (χ1v) is 16.7. The van der Waals surface area contributed by atoms with E-state index >= 15 is 0 Å². The van der Waals surface area contributed by atoms with Crippen molar-refractivity contribution in [3.05, 3.63) is 35.4 Å². The van der Waals surface area contributed by atoms with Crippen molar-refractivity contribution >= 4 is 10.8 Å². The summed E-state index contributed by atoms with van der Waals surface area (Å²) in [4.78, 5) is 0. The molecule has 0 amide bonds. The smallest absolute Gasteiger partial charge is 0.165 e. The van der Waals surface area contributed by atoms with Crippen LogP contribution < -0.4 is 9.47 Å². The molecule has 2 heterocycles. The lowest BCUT2D eigenvalue weighted by Crippen LogP contribution is -2.50. The molecule has 12 rings (SSSR count). The second-order valence-electron chi connectivity index (χ2n) is 15.9. The van der Waals surface area contributed by atoms with Crippen LogP contribution in [0.1, 0.15) is 88.2 Å². The van der Waals surface area contributed by atoms with Gasteiger partial charge in [-0.1, -0.05) is 18.2 Å². The van der Waals surface area contributed by atoms with Crippen LogP contribution in [0.15, 0.2) is 24.3 Å². The predicted molar refractivity (Wildman–Crippen MR) is 154 cm³/mol. The fourth-order valence-electron chi connectivity index (χ4n) is 12.2. The molecule has 2 unspecified atom stereocenters. The van der Waals surface area contributed by atoms with E-state index in [2.05, 4.69) is 24.3 Å². The molecule has 0 spiro atoms. The second-order valence-corrected chi connectivity index (χ2v) is 15.9. The summed E-state index contributed by atoms with van der Waals surface area (Å²) in [6, 6.07) is 9.66. The standard InChI is InChI=1S/C36H44O4/c1-2-27-10-31(39-19-28-17-37-28)34(40-20-29-18-38-29)33(36-14-24-7-25(15-36)9-26(8-24)16-36)32(27)30(3-1)35-11-21-4-22(12-35)6-23(5-21)13-35/h1-3,10,21-26,28-29H,4-9,11-20H2. The molecule has 40 heavy (non-hydrogen) atoms. The summed E-state index contributed by atoms with van der Waals surface area (Å²) in [7, 11) is 0. The molecule has 212 valence electrons. The maximum Gasteiger partial charge on any atom is 0.165 e. The molecular weight excluding hydrogens is 496 g/mol. The molecule has 8 bridgehead atoms. The summed E-state index contributed by atoms with van der Waals surface area (Å²) < 4.78 is 24.8. The fraction of sp³-hybridized carbons (Fsp3) is 0.722. The van der Waals surface area contributed by atoms with Gasteiger partial charge < -0.3 is 18.9 Å². The first-order chi connectivity index (χ1) is 19.6. The molecule has 2 aromatic carbocycles. The summed E-state index contributed by atoms with van der Waals surface area (Å²) in [5.74, 6) is 7.50. The minimum Gasteiger partial charge on any atom is -0.487 e. The van der Waals surface area contributed by atoms with Gasteiger partial charge in [-0.15, -0.1) is 0 Å². The van der Waals surface area contributed by atoms with Gasteiger partial charge in [-0.2, -0.15) is 0 Å². The zero-order chi connectivity index (χ0) is 26.1. The van der Waals surface area contributed by atoms with Crippen LogP contribution in [0.4, 0.5) is 0 Å². The first kappa shape index (κ1) is 23.7. The van der Waals surface area contributed by atoms with E-state index in [1.54, 1.807) is 16.5 Å². The lowest BCUT2D eigenvalue weighted by Gasteiger charge is -2.59. The SMILES string of the molecule is c1cc(C23CC4CC(CC(C4)C2)C3)c2c(C34CC5CC(CC(C5)C3)C4)c(OCC3CO3)c(OCC3CO3)cc2c1. The molecule has 10 aliphatic rings.